The third-order valence-corrected chi connectivity index (χ3v) is 4.21. The molecule has 0 heterocycles. The molecule has 0 saturated carbocycles. The molecule has 3 aromatic carbocycles. The minimum atomic E-state index is -0.704. The number of non-ortho nitro benzene ring substituents is 1. The molecule has 3 rings (SSSR count). The van der Waals surface area contributed by atoms with Crippen LogP contribution in [0.1, 0.15) is 15.9 Å². The Kier molecular flexibility index (Phi) is 7.58. The Labute approximate surface area is 191 Å². The van der Waals surface area contributed by atoms with Gasteiger partial charge in [-0.3, -0.25) is 25.0 Å². The number of hydrogen-bond acceptors (Lipinski definition) is 9. The van der Waals surface area contributed by atoms with Crippen LogP contribution in [0.3, 0.4) is 0 Å². The Morgan fingerprint density at radius 3 is 2.38 bits per heavy atom. The zero-order valence-electron chi connectivity index (χ0n) is 17.3. The number of rotatable bonds is 9. The van der Waals surface area contributed by atoms with Crippen LogP contribution < -0.4 is 14.9 Å². The fourth-order valence-electron chi connectivity index (χ4n) is 2.63. The van der Waals surface area contributed by atoms with Gasteiger partial charge in [0.25, 0.3) is 11.6 Å². The summed E-state index contributed by atoms with van der Waals surface area (Å²) in [7, 11) is 0. The number of nitrogens with zero attached hydrogens (tertiary/aromatic N) is 3. The van der Waals surface area contributed by atoms with Gasteiger partial charge < -0.3 is 9.47 Å². The molecule has 1 amide bonds. The topological polar surface area (TPSA) is 163 Å². The summed E-state index contributed by atoms with van der Waals surface area (Å²) in [6.07, 6.45) is 1.30. The molecule has 0 aliphatic carbocycles. The standard InChI is InChI=1S/C22H16N4O8/c27-21(14-33-20-7-2-1-6-19(20)26(31)32)24-23-13-15-4-3-5-18(12-15)34-22(28)16-8-10-17(11-9-16)25(29)30/h1-13H,14H2,(H,24,27)/b23-13-. The van der Waals surface area contributed by atoms with E-state index in [0.29, 0.717) is 5.56 Å². The van der Waals surface area contributed by atoms with Crippen molar-refractivity contribution in [1.82, 2.24) is 5.43 Å². The number of benzene rings is 3. The molecule has 3 aromatic rings. The largest absolute Gasteiger partial charge is 0.477 e. The van der Waals surface area contributed by atoms with Crippen LogP contribution in [0, 0.1) is 20.2 Å². The molecule has 0 aliphatic rings. The van der Waals surface area contributed by atoms with Crippen molar-refractivity contribution in [2.75, 3.05) is 6.61 Å². The highest BCUT2D eigenvalue weighted by atomic mass is 16.6. The first kappa shape index (κ1) is 23.5. The molecule has 0 bridgehead atoms. The lowest BCUT2D eigenvalue weighted by Gasteiger charge is -2.06. The highest BCUT2D eigenvalue weighted by Gasteiger charge is 2.15. The maximum atomic E-state index is 12.2. The molecule has 0 saturated heterocycles. The fourth-order valence-corrected chi connectivity index (χ4v) is 2.63. The van der Waals surface area contributed by atoms with Gasteiger partial charge in [-0.15, -0.1) is 0 Å². The second-order valence-electron chi connectivity index (χ2n) is 6.57. The summed E-state index contributed by atoms with van der Waals surface area (Å²) < 4.78 is 10.4. The number of hydrogen-bond donors (Lipinski definition) is 1. The van der Waals surface area contributed by atoms with Gasteiger partial charge in [-0.1, -0.05) is 24.3 Å². The van der Waals surface area contributed by atoms with E-state index >= 15 is 0 Å². The lowest BCUT2D eigenvalue weighted by atomic mass is 10.2. The van der Waals surface area contributed by atoms with Crippen LogP contribution in [-0.4, -0.2) is 34.5 Å². The van der Waals surface area contributed by atoms with Crippen molar-refractivity contribution < 1.29 is 28.9 Å². The van der Waals surface area contributed by atoms with Crippen molar-refractivity contribution in [3.05, 3.63) is 104 Å². The first-order valence-corrected chi connectivity index (χ1v) is 9.58. The quantitative estimate of drug-likeness (QED) is 0.166. The number of esters is 1. The highest BCUT2D eigenvalue weighted by molar-refractivity contribution is 5.91. The van der Waals surface area contributed by atoms with Gasteiger partial charge in [0, 0.05) is 18.2 Å². The molecule has 0 unspecified atom stereocenters. The summed E-state index contributed by atoms with van der Waals surface area (Å²) in [6, 6.07) is 16.9. The minimum Gasteiger partial charge on any atom is -0.477 e. The van der Waals surface area contributed by atoms with Crippen LogP contribution in [0.2, 0.25) is 0 Å². The Balaban J connectivity index is 1.54. The zero-order valence-corrected chi connectivity index (χ0v) is 17.3. The van der Waals surface area contributed by atoms with Crippen molar-refractivity contribution in [1.29, 1.82) is 0 Å². The van der Waals surface area contributed by atoms with E-state index in [1.165, 1.54) is 60.8 Å². The van der Waals surface area contributed by atoms with Crippen LogP contribution in [0.5, 0.6) is 11.5 Å². The van der Waals surface area contributed by atoms with Gasteiger partial charge in [-0.2, -0.15) is 5.10 Å². The van der Waals surface area contributed by atoms with Crippen LogP contribution >= 0.6 is 0 Å². The average molecular weight is 464 g/mol. The summed E-state index contributed by atoms with van der Waals surface area (Å²) in [5, 5.41) is 25.4. The Hall–Kier alpha value is -5.13. The van der Waals surface area contributed by atoms with E-state index in [4.69, 9.17) is 9.47 Å². The van der Waals surface area contributed by atoms with E-state index in [1.807, 2.05) is 0 Å². The summed E-state index contributed by atoms with van der Waals surface area (Å²) in [5.41, 5.74) is 2.44. The number of ether oxygens (including phenoxy) is 2. The predicted octanol–water partition coefficient (Wildman–Crippen LogP) is 3.25. The minimum absolute atomic E-state index is 0.0471. The van der Waals surface area contributed by atoms with E-state index in [-0.39, 0.29) is 28.4 Å². The number of nitro benzene ring substituents is 2. The number of nitrogens with one attached hydrogen (secondary N) is 1. The Morgan fingerprint density at radius 2 is 1.68 bits per heavy atom. The lowest BCUT2D eigenvalue weighted by molar-refractivity contribution is -0.385. The molecule has 172 valence electrons. The van der Waals surface area contributed by atoms with Gasteiger partial charge in [0.2, 0.25) is 0 Å². The molecule has 0 aliphatic heterocycles. The number of carbonyl (C=O) groups is 2. The number of carbonyl (C=O) groups excluding carboxylic acids is 2. The van der Waals surface area contributed by atoms with Gasteiger partial charge in [0.1, 0.15) is 5.75 Å². The molecular weight excluding hydrogens is 448 g/mol. The number of nitro groups is 2. The molecule has 0 spiro atoms. The third-order valence-electron chi connectivity index (χ3n) is 4.21. The van der Waals surface area contributed by atoms with Crippen molar-refractivity contribution in [2.24, 2.45) is 5.10 Å². The molecule has 0 atom stereocenters. The van der Waals surface area contributed by atoms with E-state index in [0.717, 1.165) is 0 Å². The second-order valence-corrected chi connectivity index (χ2v) is 6.57. The summed E-state index contributed by atoms with van der Waals surface area (Å²) in [4.78, 5) is 44.6. The first-order chi connectivity index (χ1) is 16.3. The molecular formula is C22H16N4O8. The number of amides is 1. The lowest BCUT2D eigenvalue weighted by Crippen LogP contribution is -2.24. The molecule has 12 heteroatoms. The third kappa shape index (κ3) is 6.43. The van der Waals surface area contributed by atoms with Crippen LogP contribution in [0.4, 0.5) is 11.4 Å². The van der Waals surface area contributed by atoms with Crippen molar-refractivity contribution >= 4 is 29.5 Å². The fraction of sp³-hybridized carbons (Fsp3) is 0.0455. The van der Waals surface area contributed by atoms with Gasteiger partial charge in [0.05, 0.1) is 21.6 Å². The Bertz CT molecular complexity index is 1260. The van der Waals surface area contributed by atoms with Gasteiger partial charge >= 0.3 is 11.7 Å². The van der Waals surface area contributed by atoms with Crippen molar-refractivity contribution in [3.63, 3.8) is 0 Å². The summed E-state index contributed by atoms with van der Waals surface area (Å²) >= 11 is 0. The molecule has 12 nitrogen and oxygen atoms in total. The van der Waals surface area contributed by atoms with Crippen LogP contribution in [-0.2, 0) is 4.79 Å². The number of para-hydroxylation sites is 2. The molecule has 0 radical (unpaired) electrons. The van der Waals surface area contributed by atoms with Crippen molar-refractivity contribution in [2.45, 2.75) is 0 Å². The van der Waals surface area contributed by atoms with E-state index in [2.05, 4.69) is 10.5 Å². The SMILES string of the molecule is O=C(COc1ccccc1[N+](=O)[O-])N/N=C\c1cccc(OC(=O)c2ccc([N+](=O)[O-])cc2)c1. The Morgan fingerprint density at radius 1 is 0.941 bits per heavy atom. The normalized spacial score (nSPS) is 10.5. The van der Waals surface area contributed by atoms with E-state index in [1.54, 1.807) is 18.2 Å². The van der Waals surface area contributed by atoms with E-state index < -0.39 is 28.3 Å². The molecule has 34 heavy (non-hydrogen) atoms. The maximum Gasteiger partial charge on any atom is 0.343 e. The molecule has 0 fully saturated rings. The molecule has 1 N–H and O–H groups in total. The second kappa shape index (κ2) is 10.9. The first-order valence-electron chi connectivity index (χ1n) is 9.58. The summed E-state index contributed by atoms with van der Waals surface area (Å²) in [6.45, 7) is -0.491. The predicted molar refractivity (Wildman–Crippen MR) is 119 cm³/mol. The van der Waals surface area contributed by atoms with Crippen LogP contribution in [0.25, 0.3) is 0 Å². The monoisotopic (exact) mass is 464 g/mol. The van der Waals surface area contributed by atoms with Gasteiger partial charge in [-0.05, 0) is 35.9 Å². The van der Waals surface area contributed by atoms with Gasteiger partial charge in [-0.25, -0.2) is 10.2 Å². The van der Waals surface area contributed by atoms with Gasteiger partial charge in [0.15, 0.2) is 12.4 Å². The maximum absolute atomic E-state index is 12.2. The number of hydrazone groups is 1. The molecule has 0 aromatic heterocycles. The highest BCUT2D eigenvalue weighted by Crippen LogP contribution is 2.25. The average Bonchev–Trinajstić information content (AvgIpc) is 2.83. The van der Waals surface area contributed by atoms with E-state index in [9.17, 15) is 29.8 Å². The van der Waals surface area contributed by atoms with Crippen LogP contribution in [0.15, 0.2) is 77.9 Å². The van der Waals surface area contributed by atoms with Crippen molar-refractivity contribution in [3.8, 4) is 11.5 Å². The zero-order chi connectivity index (χ0) is 24.5. The summed E-state index contributed by atoms with van der Waals surface area (Å²) in [5.74, 6) is -1.20. The smallest absolute Gasteiger partial charge is 0.343 e.